The predicted molar refractivity (Wildman–Crippen MR) is 68.6 cm³/mol. The molecule has 1 aromatic carbocycles. The second-order valence-corrected chi connectivity index (χ2v) is 3.97. The number of hydrogen-bond acceptors (Lipinski definition) is 4. The number of aryl methyl sites for hydroxylation is 2. The van der Waals surface area contributed by atoms with Crippen molar-refractivity contribution in [2.45, 2.75) is 13.8 Å². The molecule has 6 heteroatoms. The molecule has 18 heavy (non-hydrogen) atoms. The summed E-state index contributed by atoms with van der Waals surface area (Å²) < 4.78 is 1.64. The van der Waals surface area contributed by atoms with E-state index in [-0.39, 0.29) is 5.91 Å². The van der Waals surface area contributed by atoms with Crippen LogP contribution in [0.15, 0.2) is 18.2 Å². The van der Waals surface area contributed by atoms with Crippen LogP contribution in [0.2, 0.25) is 0 Å². The zero-order chi connectivity index (χ0) is 13.3. The van der Waals surface area contributed by atoms with Gasteiger partial charge in [0.15, 0.2) is 0 Å². The number of anilines is 1. The Kier molecular flexibility index (Phi) is 3.01. The molecule has 1 aromatic heterocycles. The van der Waals surface area contributed by atoms with Gasteiger partial charge in [0.1, 0.15) is 11.6 Å². The molecule has 0 saturated heterocycles. The van der Waals surface area contributed by atoms with Crippen molar-refractivity contribution in [2.75, 3.05) is 12.8 Å². The van der Waals surface area contributed by atoms with Crippen LogP contribution >= 0.6 is 0 Å². The summed E-state index contributed by atoms with van der Waals surface area (Å²) in [6.07, 6.45) is 0. The van der Waals surface area contributed by atoms with Gasteiger partial charge in [-0.2, -0.15) is 5.10 Å². The van der Waals surface area contributed by atoms with Crippen LogP contribution in [0.5, 0.6) is 0 Å². The van der Waals surface area contributed by atoms with Gasteiger partial charge in [-0.3, -0.25) is 4.79 Å². The van der Waals surface area contributed by atoms with Crippen molar-refractivity contribution in [1.82, 2.24) is 20.1 Å². The third-order valence-corrected chi connectivity index (χ3v) is 2.62. The maximum atomic E-state index is 11.6. The lowest BCUT2D eigenvalue weighted by Crippen LogP contribution is -2.18. The van der Waals surface area contributed by atoms with Gasteiger partial charge in [-0.1, -0.05) is 0 Å². The largest absolute Gasteiger partial charge is 0.397 e. The summed E-state index contributed by atoms with van der Waals surface area (Å²) in [5.41, 5.74) is 7.67. The van der Waals surface area contributed by atoms with E-state index in [4.69, 9.17) is 5.73 Å². The predicted octanol–water partition coefficient (Wildman–Crippen LogP) is 0.826. The van der Waals surface area contributed by atoms with Gasteiger partial charge in [-0.05, 0) is 32.0 Å². The maximum Gasteiger partial charge on any atom is 0.251 e. The Labute approximate surface area is 105 Å². The lowest BCUT2D eigenvalue weighted by Gasteiger charge is -2.09. The average molecular weight is 245 g/mol. The van der Waals surface area contributed by atoms with Crippen LogP contribution in [0.4, 0.5) is 5.69 Å². The highest BCUT2D eigenvalue weighted by atomic mass is 16.1. The zero-order valence-corrected chi connectivity index (χ0v) is 10.6. The van der Waals surface area contributed by atoms with Crippen molar-refractivity contribution in [3.63, 3.8) is 0 Å². The maximum absolute atomic E-state index is 11.6. The van der Waals surface area contributed by atoms with Crippen molar-refractivity contribution in [2.24, 2.45) is 0 Å². The zero-order valence-electron chi connectivity index (χ0n) is 10.6. The topological polar surface area (TPSA) is 85.8 Å². The monoisotopic (exact) mass is 245 g/mol. The fourth-order valence-corrected chi connectivity index (χ4v) is 1.76. The molecule has 0 spiro atoms. The number of carbonyl (C=O) groups is 1. The molecule has 0 atom stereocenters. The molecule has 2 rings (SSSR count). The number of hydrogen-bond donors (Lipinski definition) is 2. The summed E-state index contributed by atoms with van der Waals surface area (Å²) in [5, 5.41) is 6.84. The van der Waals surface area contributed by atoms with Gasteiger partial charge in [0.05, 0.1) is 11.4 Å². The number of nitrogens with one attached hydrogen (secondary N) is 1. The van der Waals surface area contributed by atoms with Crippen LogP contribution in [0.3, 0.4) is 0 Å². The summed E-state index contributed by atoms with van der Waals surface area (Å²) in [4.78, 5) is 15.8. The first kappa shape index (κ1) is 12.1. The lowest BCUT2D eigenvalue weighted by atomic mass is 10.1. The van der Waals surface area contributed by atoms with E-state index in [0.29, 0.717) is 22.8 Å². The third kappa shape index (κ3) is 2.04. The van der Waals surface area contributed by atoms with Gasteiger partial charge < -0.3 is 11.1 Å². The Morgan fingerprint density at radius 3 is 2.67 bits per heavy atom. The van der Waals surface area contributed by atoms with Gasteiger partial charge in [-0.15, -0.1) is 0 Å². The molecular formula is C12H15N5O. The Bertz CT molecular complexity index is 603. The Morgan fingerprint density at radius 2 is 2.11 bits per heavy atom. The van der Waals surface area contributed by atoms with E-state index >= 15 is 0 Å². The van der Waals surface area contributed by atoms with E-state index in [2.05, 4.69) is 15.4 Å². The SMILES string of the molecule is CNC(=O)c1ccc(N)c(-n2nc(C)nc2C)c1. The van der Waals surface area contributed by atoms with Crippen LogP contribution < -0.4 is 11.1 Å². The highest BCUT2D eigenvalue weighted by molar-refractivity contribution is 5.95. The molecule has 3 N–H and O–H groups in total. The summed E-state index contributed by atoms with van der Waals surface area (Å²) in [5.74, 6) is 1.23. The number of benzene rings is 1. The second-order valence-electron chi connectivity index (χ2n) is 3.97. The van der Waals surface area contributed by atoms with E-state index in [9.17, 15) is 4.79 Å². The molecule has 1 heterocycles. The number of amides is 1. The van der Waals surface area contributed by atoms with E-state index in [0.717, 1.165) is 5.82 Å². The fourth-order valence-electron chi connectivity index (χ4n) is 1.76. The standard InChI is InChI=1S/C12H15N5O/c1-7-15-8(2)17(16-7)11-6-9(12(18)14-3)4-5-10(11)13/h4-6H,13H2,1-3H3,(H,14,18). The minimum atomic E-state index is -0.161. The molecule has 0 aliphatic rings. The number of nitrogens with two attached hydrogens (primary N) is 1. The van der Waals surface area contributed by atoms with Crippen molar-refractivity contribution in [3.8, 4) is 5.69 Å². The molecule has 1 amide bonds. The van der Waals surface area contributed by atoms with E-state index in [1.807, 2.05) is 13.8 Å². The number of nitrogen functional groups attached to an aromatic ring is 1. The first-order valence-electron chi connectivity index (χ1n) is 5.55. The minimum absolute atomic E-state index is 0.161. The van der Waals surface area contributed by atoms with Gasteiger partial charge >= 0.3 is 0 Å². The van der Waals surface area contributed by atoms with Crippen LogP contribution in [0.25, 0.3) is 5.69 Å². The molecule has 0 radical (unpaired) electrons. The molecule has 0 fully saturated rings. The summed E-state index contributed by atoms with van der Waals surface area (Å²) in [6, 6.07) is 5.07. The van der Waals surface area contributed by atoms with Gasteiger partial charge in [0.25, 0.3) is 5.91 Å². The van der Waals surface area contributed by atoms with E-state index in [1.165, 1.54) is 0 Å². The number of carbonyl (C=O) groups excluding carboxylic acids is 1. The van der Waals surface area contributed by atoms with Crippen LogP contribution in [-0.4, -0.2) is 27.7 Å². The molecule has 0 saturated carbocycles. The Hall–Kier alpha value is -2.37. The quantitative estimate of drug-likeness (QED) is 0.767. The van der Waals surface area contributed by atoms with Crippen LogP contribution in [0, 0.1) is 13.8 Å². The van der Waals surface area contributed by atoms with Crippen LogP contribution in [-0.2, 0) is 0 Å². The lowest BCUT2D eigenvalue weighted by molar-refractivity contribution is 0.0963. The van der Waals surface area contributed by atoms with Crippen LogP contribution in [0.1, 0.15) is 22.0 Å². The Morgan fingerprint density at radius 1 is 1.39 bits per heavy atom. The van der Waals surface area contributed by atoms with Gasteiger partial charge in [-0.25, -0.2) is 9.67 Å². The minimum Gasteiger partial charge on any atom is -0.397 e. The molecule has 94 valence electrons. The fraction of sp³-hybridized carbons (Fsp3) is 0.250. The van der Waals surface area contributed by atoms with E-state index in [1.54, 1.807) is 29.9 Å². The first-order chi connectivity index (χ1) is 8.52. The highest BCUT2D eigenvalue weighted by Gasteiger charge is 2.11. The normalized spacial score (nSPS) is 10.4. The summed E-state index contributed by atoms with van der Waals surface area (Å²) >= 11 is 0. The van der Waals surface area contributed by atoms with Gasteiger partial charge in [0, 0.05) is 12.6 Å². The molecule has 2 aromatic rings. The Balaban J connectivity index is 2.56. The third-order valence-electron chi connectivity index (χ3n) is 2.62. The molecule has 0 aliphatic heterocycles. The van der Waals surface area contributed by atoms with Crippen molar-refractivity contribution < 1.29 is 4.79 Å². The molecule has 0 unspecified atom stereocenters. The molecule has 0 bridgehead atoms. The van der Waals surface area contributed by atoms with Crippen molar-refractivity contribution in [1.29, 1.82) is 0 Å². The highest BCUT2D eigenvalue weighted by Crippen LogP contribution is 2.19. The van der Waals surface area contributed by atoms with Crippen molar-refractivity contribution >= 4 is 11.6 Å². The van der Waals surface area contributed by atoms with Crippen molar-refractivity contribution in [3.05, 3.63) is 35.4 Å². The second kappa shape index (κ2) is 4.48. The summed E-state index contributed by atoms with van der Waals surface area (Å²) in [7, 11) is 1.59. The smallest absolute Gasteiger partial charge is 0.251 e. The molecular weight excluding hydrogens is 230 g/mol. The van der Waals surface area contributed by atoms with E-state index < -0.39 is 0 Å². The molecule has 0 aliphatic carbocycles. The summed E-state index contributed by atoms with van der Waals surface area (Å²) in [6.45, 7) is 3.65. The van der Waals surface area contributed by atoms with Gasteiger partial charge in [0.2, 0.25) is 0 Å². The number of aromatic nitrogens is 3. The average Bonchev–Trinajstić information content (AvgIpc) is 2.68. The number of rotatable bonds is 2. The molecule has 6 nitrogen and oxygen atoms in total. The first-order valence-corrected chi connectivity index (χ1v) is 5.55. The number of nitrogens with zero attached hydrogens (tertiary/aromatic N) is 3.